The second-order valence-corrected chi connectivity index (χ2v) is 7.15. The molecule has 3 rings (SSSR count). The number of hydrogen-bond donors (Lipinski definition) is 1. The van der Waals surface area contributed by atoms with E-state index in [0.717, 1.165) is 26.2 Å². The summed E-state index contributed by atoms with van der Waals surface area (Å²) >= 11 is 1.87. The van der Waals surface area contributed by atoms with Crippen LogP contribution in [-0.4, -0.2) is 26.2 Å². The van der Waals surface area contributed by atoms with E-state index in [1.54, 1.807) is 0 Å². The minimum absolute atomic E-state index is 0.590. The third kappa shape index (κ3) is 3.65. The Hall–Kier alpha value is -1.45. The van der Waals surface area contributed by atoms with Gasteiger partial charge in [-0.15, -0.1) is 0 Å². The van der Waals surface area contributed by atoms with E-state index in [9.17, 15) is 0 Å². The molecular weight excluding hydrogens is 288 g/mol. The molecule has 1 saturated heterocycles. The predicted octanol–water partition coefficient (Wildman–Crippen LogP) is 4.37. The zero-order valence-corrected chi connectivity index (χ0v) is 14.2. The SMILES string of the molecule is CC(C)c1ccc(Sc2ccccc2N2CCNCC2)cc1. The van der Waals surface area contributed by atoms with Crippen molar-refractivity contribution in [3.8, 4) is 0 Å². The molecule has 1 heterocycles. The molecule has 0 amide bonds. The van der Waals surface area contributed by atoms with E-state index in [-0.39, 0.29) is 0 Å². The van der Waals surface area contributed by atoms with E-state index in [1.165, 1.54) is 21.0 Å². The first-order valence-corrected chi connectivity index (χ1v) is 8.88. The number of anilines is 1. The molecule has 0 unspecified atom stereocenters. The second-order valence-electron chi connectivity index (χ2n) is 6.03. The molecule has 2 aromatic rings. The molecule has 0 bridgehead atoms. The predicted molar refractivity (Wildman–Crippen MR) is 96.2 cm³/mol. The molecule has 116 valence electrons. The lowest BCUT2D eigenvalue weighted by Gasteiger charge is -2.31. The summed E-state index contributed by atoms with van der Waals surface area (Å²) in [6, 6.07) is 17.7. The van der Waals surface area contributed by atoms with Gasteiger partial charge < -0.3 is 10.2 Å². The lowest BCUT2D eigenvalue weighted by molar-refractivity contribution is 0.587. The van der Waals surface area contributed by atoms with Crippen molar-refractivity contribution in [2.24, 2.45) is 0 Å². The minimum atomic E-state index is 0.590. The number of rotatable bonds is 4. The Balaban J connectivity index is 1.79. The average Bonchev–Trinajstić information content (AvgIpc) is 2.57. The van der Waals surface area contributed by atoms with Gasteiger partial charge in [0.25, 0.3) is 0 Å². The van der Waals surface area contributed by atoms with E-state index in [0.29, 0.717) is 5.92 Å². The van der Waals surface area contributed by atoms with Crippen molar-refractivity contribution in [2.75, 3.05) is 31.1 Å². The largest absolute Gasteiger partial charge is 0.368 e. The van der Waals surface area contributed by atoms with Gasteiger partial charge in [-0.1, -0.05) is 49.9 Å². The normalized spacial score (nSPS) is 15.3. The quantitative estimate of drug-likeness (QED) is 0.902. The molecule has 1 aliphatic rings. The summed E-state index contributed by atoms with van der Waals surface area (Å²) in [6.45, 7) is 8.79. The molecule has 2 aromatic carbocycles. The van der Waals surface area contributed by atoms with E-state index < -0.39 is 0 Å². The Morgan fingerprint density at radius 1 is 0.955 bits per heavy atom. The lowest BCUT2D eigenvalue weighted by Crippen LogP contribution is -2.43. The Labute approximate surface area is 137 Å². The van der Waals surface area contributed by atoms with Gasteiger partial charge in [0.2, 0.25) is 0 Å². The second kappa shape index (κ2) is 7.21. The minimum Gasteiger partial charge on any atom is -0.368 e. The summed E-state index contributed by atoms with van der Waals surface area (Å²) in [6.07, 6.45) is 0. The number of para-hydroxylation sites is 1. The molecule has 0 saturated carbocycles. The van der Waals surface area contributed by atoms with Crippen LogP contribution in [0.1, 0.15) is 25.3 Å². The smallest absolute Gasteiger partial charge is 0.0508 e. The van der Waals surface area contributed by atoms with Crippen molar-refractivity contribution in [1.82, 2.24) is 5.32 Å². The van der Waals surface area contributed by atoms with Crippen LogP contribution in [0, 0.1) is 0 Å². The van der Waals surface area contributed by atoms with Crippen LogP contribution in [0.25, 0.3) is 0 Å². The summed E-state index contributed by atoms with van der Waals surface area (Å²) in [5.74, 6) is 0.590. The Morgan fingerprint density at radius 3 is 2.32 bits per heavy atom. The number of hydrogen-bond acceptors (Lipinski definition) is 3. The first-order chi connectivity index (χ1) is 10.7. The zero-order chi connectivity index (χ0) is 15.4. The molecule has 0 aliphatic carbocycles. The van der Waals surface area contributed by atoms with Gasteiger partial charge in [-0.2, -0.15) is 0 Å². The summed E-state index contributed by atoms with van der Waals surface area (Å²) < 4.78 is 0. The topological polar surface area (TPSA) is 15.3 Å². The molecule has 3 heteroatoms. The van der Waals surface area contributed by atoms with Gasteiger partial charge in [0.05, 0.1) is 5.69 Å². The molecule has 0 aromatic heterocycles. The average molecular weight is 312 g/mol. The zero-order valence-electron chi connectivity index (χ0n) is 13.4. The van der Waals surface area contributed by atoms with Crippen molar-refractivity contribution >= 4 is 17.4 Å². The summed E-state index contributed by atoms with van der Waals surface area (Å²) in [7, 11) is 0. The number of piperazine rings is 1. The fourth-order valence-electron chi connectivity index (χ4n) is 2.76. The summed E-state index contributed by atoms with van der Waals surface area (Å²) in [5, 5.41) is 3.42. The van der Waals surface area contributed by atoms with Crippen molar-refractivity contribution < 1.29 is 0 Å². The van der Waals surface area contributed by atoms with Crippen molar-refractivity contribution in [3.63, 3.8) is 0 Å². The lowest BCUT2D eigenvalue weighted by atomic mass is 10.0. The van der Waals surface area contributed by atoms with Gasteiger partial charge in [0.1, 0.15) is 0 Å². The van der Waals surface area contributed by atoms with Crippen LogP contribution in [0.2, 0.25) is 0 Å². The highest BCUT2D eigenvalue weighted by Gasteiger charge is 2.14. The summed E-state index contributed by atoms with van der Waals surface area (Å²) in [5.41, 5.74) is 2.77. The molecule has 0 spiro atoms. The van der Waals surface area contributed by atoms with Crippen LogP contribution < -0.4 is 10.2 Å². The van der Waals surface area contributed by atoms with Crippen LogP contribution in [0.5, 0.6) is 0 Å². The Kier molecular flexibility index (Phi) is 5.06. The molecule has 22 heavy (non-hydrogen) atoms. The van der Waals surface area contributed by atoms with Gasteiger partial charge in [-0.3, -0.25) is 0 Å². The van der Waals surface area contributed by atoms with Gasteiger partial charge in [-0.05, 0) is 35.7 Å². The number of nitrogens with zero attached hydrogens (tertiary/aromatic N) is 1. The summed E-state index contributed by atoms with van der Waals surface area (Å²) in [4.78, 5) is 5.15. The van der Waals surface area contributed by atoms with E-state index in [1.807, 2.05) is 11.8 Å². The van der Waals surface area contributed by atoms with Gasteiger partial charge >= 0.3 is 0 Å². The van der Waals surface area contributed by atoms with Gasteiger partial charge in [0.15, 0.2) is 0 Å². The highest BCUT2D eigenvalue weighted by molar-refractivity contribution is 7.99. The molecular formula is C19H24N2S. The van der Waals surface area contributed by atoms with Crippen LogP contribution >= 0.6 is 11.8 Å². The molecule has 2 nitrogen and oxygen atoms in total. The highest BCUT2D eigenvalue weighted by Crippen LogP contribution is 2.35. The maximum absolute atomic E-state index is 3.42. The van der Waals surface area contributed by atoms with Crippen LogP contribution in [0.15, 0.2) is 58.3 Å². The van der Waals surface area contributed by atoms with Crippen LogP contribution in [0.3, 0.4) is 0 Å². The maximum atomic E-state index is 3.42. The Morgan fingerprint density at radius 2 is 1.64 bits per heavy atom. The van der Waals surface area contributed by atoms with Crippen molar-refractivity contribution in [2.45, 2.75) is 29.6 Å². The van der Waals surface area contributed by atoms with Crippen molar-refractivity contribution in [1.29, 1.82) is 0 Å². The standard InChI is InChI=1S/C19H24N2S/c1-15(2)16-7-9-17(10-8-16)22-19-6-4-3-5-18(19)21-13-11-20-12-14-21/h3-10,15,20H,11-14H2,1-2H3. The van der Waals surface area contributed by atoms with Gasteiger partial charge in [-0.25, -0.2) is 0 Å². The third-order valence-electron chi connectivity index (χ3n) is 4.10. The highest BCUT2D eigenvalue weighted by atomic mass is 32.2. The molecule has 1 N–H and O–H groups in total. The fraction of sp³-hybridized carbons (Fsp3) is 0.368. The molecule has 0 atom stereocenters. The molecule has 1 fully saturated rings. The third-order valence-corrected chi connectivity index (χ3v) is 5.17. The monoisotopic (exact) mass is 312 g/mol. The maximum Gasteiger partial charge on any atom is 0.0508 e. The fourth-order valence-corrected chi connectivity index (χ4v) is 3.73. The number of benzene rings is 2. The Bertz CT molecular complexity index is 601. The molecule has 0 radical (unpaired) electrons. The van der Waals surface area contributed by atoms with Crippen LogP contribution in [-0.2, 0) is 0 Å². The van der Waals surface area contributed by atoms with E-state index in [2.05, 4.69) is 72.6 Å². The first-order valence-electron chi connectivity index (χ1n) is 8.06. The van der Waals surface area contributed by atoms with E-state index >= 15 is 0 Å². The molecule has 1 aliphatic heterocycles. The number of nitrogens with one attached hydrogen (secondary N) is 1. The van der Waals surface area contributed by atoms with Crippen LogP contribution in [0.4, 0.5) is 5.69 Å². The van der Waals surface area contributed by atoms with Crippen molar-refractivity contribution in [3.05, 3.63) is 54.1 Å². The van der Waals surface area contributed by atoms with Gasteiger partial charge in [0, 0.05) is 36.0 Å². The first kappa shape index (κ1) is 15.4. The van der Waals surface area contributed by atoms with E-state index in [4.69, 9.17) is 0 Å².